The monoisotopic (exact) mass is 412 g/mol. The first-order valence-electron chi connectivity index (χ1n) is 9.46. The Morgan fingerprint density at radius 3 is 2.68 bits per heavy atom. The highest BCUT2D eigenvalue weighted by molar-refractivity contribution is 8.00. The van der Waals surface area contributed by atoms with Gasteiger partial charge >= 0.3 is 0 Å². The van der Waals surface area contributed by atoms with E-state index in [9.17, 15) is 4.79 Å². The Balaban J connectivity index is 1.37. The number of carbonyl (C=O) groups is 1. The van der Waals surface area contributed by atoms with Gasteiger partial charge in [0.15, 0.2) is 0 Å². The predicted molar refractivity (Wildman–Crippen MR) is 118 cm³/mol. The number of piperazine rings is 1. The summed E-state index contributed by atoms with van der Waals surface area (Å²) in [5.74, 6) is 0.607. The summed E-state index contributed by atoms with van der Waals surface area (Å²) in [6.07, 6.45) is 1.60. The zero-order chi connectivity index (χ0) is 19.7. The van der Waals surface area contributed by atoms with E-state index in [1.807, 2.05) is 4.90 Å². The van der Waals surface area contributed by atoms with Crippen LogP contribution in [0, 0.1) is 20.8 Å². The third-order valence-corrected chi connectivity index (χ3v) is 7.35. The third-order valence-electron chi connectivity index (χ3n) is 5.26. The van der Waals surface area contributed by atoms with Crippen LogP contribution in [0.5, 0.6) is 0 Å². The van der Waals surface area contributed by atoms with Crippen molar-refractivity contribution in [2.24, 2.45) is 0 Å². The van der Waals surface area contributed by atoms with Crippen LogP contribution in [0.1, 0.15) is 16.0 Å². The molecule has 146 valence electrons. The minimum atomic E-state index is 0.185. The van der Waals surface area contributed by atoms with Crippen molar-refractivity contribution < 1.29 is 4.79 Å². The zero-order valence-corrected chi connectivity index (χ0v) is 18.1. The van der Waals surface area contributed by atoms with Crippen LogP contribution < -0.4 is 4.90 Å². The fourth-order valence-corrected chi connectivity index (χ4v) is 5.54. The lowest BCUT2D eigenvalue weighted by atomic mass is 10.2. The quantitative estimate of drug-likeness (QED) is 0.478. The van der Waals surface area contributed by atoms with Gasteiger partial charge in [-0.15, -0.1) is 11.3 Å². The number of thiophene rings is 1. The summed E-state index contributed by atoms with van der Waals surface area (Å²) in [7, 11) is 0. The summed E-state index contributed by atoms with van der Waals surface area (Å²) < 4.78 is 0. The lowest BCUT2D eigenvalue weighted by molar-refractivity contribution is -0.128. The molecule has 2 aromatic heterocycles. The van der Waals surface area contributed by atoms with E-state index in [0.717, 1.165) is 41.4 Å². The molecular weight excluding hydrogens is 388 g/mol. The average Bonchev–Trinajstić information content (AvgIpc) is 3.00. The fraction of sp³-hybridized carbons (Fsp3) is 0.381. The van der Waals surface area contributed by atoms with Gasteiger partial charge in [-0.05, 0) is 44.0 Å². The molecule has 5 nitrogen and oxygen atoms in total. The van der Waals surface area contributed by atoms with Crippen LogP contribution in [0.25, 0.3) is 10.2 Å². The highest BCUT2D eigenvalue weighted by Gasteiger charge is 2.22. The second kappa shape index (κ2) is 8.09. The van der Waals surface area contributed by atoms with E-state index in [1.165, 1.54) is 33.5 Å². The van der Waals surface area contributed by atoms with Crippen LogP contribution in [-0.4, -0.2) is 52.7 Å². The van der Waals surface area contributed by atoms with Crippen LogP contribution in [0.2, 0.25) is 0 Å². The maximum Gasteiger partial charge on any atom is 0.233 e. The molecular formula is C21H24N4OS2. The molecule has 3 heterocycles. The zero-order valence-electron chi connectivity index (χ0n) is 16.4. The van der Waals surface area contributed by atoms with Crippen molar-refractivity contribution in [2.45, 2.75) is 25.8 Å². The topological polar surface area (TPSA) is 49.3 Å². The molecule has 1 aliphatic heterocycles. The van der Waals surface area contributed by atoms with Gasteiger partial charge in [-0.2, -0.15) is 0 Å². The molecule has 1 saturated heterocycles. The summed E-state index contributed by atoms with van der Waals surface area (Å²) in [5, 5.41) is 2.02. The van der Waals surface area contributed by atoms with Crippen LogP contribution in [0.15, 0.2) is 35.6 Å². The molecule has 28 heavy (non-hydrogen) atoms. The highest BCUT2D eigenvalue weighted by Crippen LogP contribution is 2.34. The molecule has 0 radical (unpaired) electrons. The van der Waals surface area contributed by atoms with E-state index in [-0.39, 0.29) is 5.91 Å². The largest absolute Gasteiger partial charge is 0.368 e. The maximum absolute atomic E-state index is 12.7. The van der Waals surface area contributed by atoms with Gasteiger partial charge in [-0.1, -0.05) is 23.9 Å². The number of aromatic nitrogens is 2. The van der Waals surface area contributed by atoms with Gasteiger partial charge in [0.25, 0.3) is 0 Å². The van der Waals surface area contributed by atoms with E-state index < -0.39 is 0 Å². The molecule has 0 atom stereocenters. The first-order valence-corrected chi connectivity index (χ1v) is 11.3. The molecule has 7 heteroatoms. The fourth-order valence-electron chi connectivity index (χ4n) is 3.52. The Morgan fingerprint density at radius 1 is 1.14 bits per heavy atom. The molecule has 0 bridgehead atoms. The SMILES string of the molecule is Cc1cccc(N2CCN(C(=O)CSc3ncnc4sc(C)c(C)c34)CC2)c1. The smallest absolute Gasteiger partial charge is 0.233 e. The normalized spacial score (nSPS) is 14.7. The van der Waals surface area contributed by atoms with Crippen molar-refractivity contribution in [1.29, 1.82) is 0 Å². The molecule has 1 fully saturated rings. The number of thioether (sulfide) groups is 1. The molecule has 1 aromatic carbocycles. The number of nitrogens with zero attached hydrogens (tertiary/aromatic N) is 4. The van der Waals surface area contributed by atoms with E-state index >= 15 is 0 Å². The molecule has 0 aliphatic carbocycles. The van der Waals surface area contributed by atoms with Crippen LogP contribution >= 0.6 is 23.1 Å². The summed E-state index contributed by atoms with van der Waals surface area (Å²) >= 11 is 3.22. The summed E-state index contributed by atoms with van der Waals surface area (Å²) in [5.41, 5.74) is 3.73. The van der Waals surface area contributed by atoms with E-state index in [0.29, 0.717) is 5.75 Å². The number of carbonyl (C=O) groups excluding carboxylic acids is 1. The molecule has 1 amide bonds. The number of hydrogen-bond donors (Lipinski definition) is 0. The van der Waals surface area contributed by atoms with Crippen molar-refractivity contribution in [2.75, 3.05) is 36.8 Å². The second-order valence-electron chi connectivity index (χ2n) is 7.14. The van der Waals surface area contributed by atoms with Crippen molar-refractivity contribution >= 4 is 44.9 Å². The van der Waals surface area contributed by atoms with Gasteiger partial charge in [0.05, 0.1) is 5.75 Å². The predicted octanol–water partition coefficient (Wildman–Crippen LogP) is 4.06. The van der Waals surface area contributed by atoms with Gasteiger partial charge in [-0.3, -0.25) is 4.79 Å². The Kier molecular flexibility index (Phi) is 5.55. The minimum Gasteiger partial charge on any atom is -0.368 e. The van der Waals surface area contributed by atoms with Crippen molar-refractivity contribution in [3.05, 3.63) is 46.6 Å². The van der Waals surface area contributed by atoms with Crippen LogP contribution in [0.3, 0.4) is 0 Å². The van der Waals surface area contributed by atoms with Crippen molar-refractivity contribution in [3.8, 4) is 0 Å². The Bertz CT molecular complexity index is 1010. The molecule has 1 aliphatic rings. The third kappa shape index (κ3) is 3.86. The summed E-state index contributed by atoms with van der Waals surface area (Å²) in [6, 6.07) is 8.56. The van der Waals surface area contributed by atoms with Gasteiger partial charge in [-0.25, -0.2) is 9.97 Å². The van der Waals surface area contributed by atoms with E-state index in [2.05, 4.69) is 59.9 Å². The first kappa shape index (κ1) is 19.2. The van der Waals surface area contributed by atoms with Crippen LogP contribution in [-0.2, 0) is 4.79 Å². The minimum absolute atomic E-state index is 0.185. The highest BCUT2D eigenvalue weighted by atomic mass is 32.2. The summed E-state index contributed by atoms with van der Waals surface area (Å²) in [6.45, 7) is 9.61. The van der Waals surface area contributed by atoms with Crippen molar-refractivity contribution in [3.63, 3.8) is 0 Å². The molecule has 3 aromatic rings. The lowest BCUT2D eigenvalue weighted by Crippen LogP contribution is -2.49. The van der Waals surface area contributed by atoms with E-state index in [1.54, 1.807) is 17.7 Å². The molecule has 4 rings (SSSR count). The Morgan fingerprint density at radius 2 is 1.93 bits per heavy atom. The number of benzene rings is 1. The average molecular weight is 413 g/mol. The Labute approximate surface area is 173 Å². The van der Waals surface area contributed by atoms with Crippen molar-refractivity contribution in [1.82, 2.24) is 14.9 Å². The maximum atomic E-state index is 12.7. The number of aryl methyl sites for hydroxylation is 3. The van der Waals surface area contributed by atoms with Gasteiger partial charge < -0.3 is 9.80 Å². The number of rotatable bonds is 4. The second-order valence-corrected chi connectivity index (χ2v) is 9.30. The Hall–Kier alpha value is -2.12. The lowest BCUT2D eigenvalue weighted by Gasteiger charge is -2.36. The summed E-state index contributed by atoms with van der Waals surface area (Å²) in [4.78, 5) is 28.2. The van der Waals surface area contributed by atoms with E-state index in [4.69, 9.17) is 0 Å². The van der Waals surface area contributed by atoms with Crippen LogP contribution in [0.4, 0.5) is 5.69 Å². The number of amides is 1. The number of hydrogen-bond acceptors (Lipinski definition) is 6. The number of anilines is 1. The molecule has 0 spiro atoms. The standard InChI is InChI=1S/C21H24N4OS2/c1-14-5-4-6-17(11-14)24-7-9-25(10-8-24)18(26)12-27-20-19-15(2)16(3)28-21(19)23-13-22-20/h4-6,11,13H,7-10,12H2,1-3H3. The van der Waals surface area contributed by atoms with Gasteiger partial charge in [0.1, 0.15) is 16.2 Å². The number of fused-ring (bicyclic) bond motifs is 1. The first-order chi connectivity index (χ1) is 13.5. The molecule has 0 saturated carbocycles. The van der Waals surface area contributed by atoms with Gasteiger partial charge in [0.2, 0.25) is 5.91 Å². The molecule has 0 N–H and O–H groups in total. The molecule has 0 unspecified atom stereocenters. The van der Waals surface area contributed by atoms with Gasteiger partial charge in [0, 0.05) is 42.1 Å².